The van der Waals surface area contributed by atoms with Crippen LogP contribution in [0.15, 0.2) is 46.8 Å². The third-order valence-electron chi connectivity index (χ3n) is 4.01. The number of para-hydroxylation sites is 2. The van der Waals surface area contributed by atoms with Crippen molar-refractivity contribution in [3.63, 3.8) is 0 Å². The second-order valence-corrected chi connectivity index (χ2v) is 8.72. The van der Waals surface area contributed by atoms with Crippen LogP contribution >= 0.6 is 23.1 Å². The summed E-state index contributed by atoms with van der Waals surface area (Å²) < 4.78 is 11.3. The Bertz CT molecular complexity index is 993. The Morgan fingerprint density at radius 3 is 2.55 bits per heavy atom. The quantitative estimate of drug-likeness (QED) is 0.500. The molecule has 0 saturated heterocycles. The van der Waals surface area contributed by atoms with Crippen LogP contribution in [0, 0.1) is 6.92 Å². The molecule has 2 N–H and O–H groups in total. The fourth-order valence-corrected chi connectivity index (χ4v) is 4.44. The molecule has 29 heavy (non-hydrogen) atoms. The van der Waals surface area contributed by atoms with Gasteiger partial charge in [-0.1, -0.05) is 41.3 Å². The molecule has 3 aromatic rings. The summed E-state index contributed by atoms with van der Waals surface area (Å²) in [4.78, 5) is 12.6. The molecule has 0 aliphatic rings. The number of rotatable bonds is 8. The van der Waals surface area contributed by atoms with Gasteiger partial charge >= 0.3 is 0 Å². The Hall–Kier alpha value is -2.78. The number of amides is 1. The minimum atomic E-state index is -0.354. The maximum absolute atomic E-state index is 12.6. The summed E-state index contributed by atoms with van der Waals surface area (Å²) in [5.74, 6) is 1.21. The smallest absolute Gasteiger partial charge is 0.237 e. The van der Waals surface area contributed by atoms with Crippen molar-refractivity contribution in [1.29, 1.82) is 0 Å². The van der Waals surface area contributed by atoms with E-state index in [1.54, 1.807) is 14.2 Å². The molecule has 3 rings (SSSR count). The summed E-state index contributed by atoms with van der Waals surface area (Å²) in [7, 11) is 3.20. The van der Waals surface area contributed by atoms with Gasteiger partial charge in [-0.25, -0.2) is 0 Å². The van der Waals surface area contributed by atoms with Gasteiger partial charge in [0, 0.05) is 0 Å². The summed E-state index contributed by atoms with van der Waals surface area (Å²) in [5, 5.41) is 14.7. The predicted octanol–water partition coefficient (Wildman–Crippen LogP) is 4.73. The van der Waals surface area contributed by atoms with Gasteiger partial charge in [-0.3, -0.25) is 4.79 Å². The number of benzene rings is 2. The molecule has 0 bridgehead atoms. The number of aryl methyl sites for hydroxylation is 1. The average Bonchev–Trinajstić information content (AvgIpc) is 3.15. The molecule has 9 heteroatoms. The topological polar surface area (TPSA) is 85.4 Å². The third-order valence-corrected chi connectivity index (χ3v) is 6.04. The molecule has 1 atom stereocenters. The molecule has 0 aliphatic carbocycles. The molecular weight excluding hydrogens is 408 g/mol. The Labute approximate surface area is 177 Å². The van der Waals surface area contributed by atoms with Crippen LogP contribution in [0.2, 0.25) is 0 Å². The summed E-state index contributed by atoms with van der Waals surface area (Å²) >= 11 is 2.73. The minimum Gasteiger partial charge on any atom is -0.495 e. The van der Waals surface area contributed by atoms with E-state index in [1.165, 1.54) is 23.1 Å². The van der Waals surface area contributed by atoms with Crippen LogP contribution in [0.5, 0.6) is 11.5 Å². The second kappa shape index (κ2) is 9.62. The zero-order valence-corrected chi connectivity index (χ0v) is 18.2. The highest BCUT2D eigenvalue weighted by molar-refractivity contribution is 8.02. The van der Waals surface area contributed by atoms with Gasteiger partial charge in [-0.15, -0.1) is 10.2 Å². The maximum Gasteiger partial charge on any atom is 0.237 e. The summed E-state index contributed by atoms with van der Waals surface area (Å²) in [6.07, 6.45) is 0. The van der Waals surface area contributed by atoms with Crippen molar-refractivity contribution in [2.75, 3.05) is 24.9 Å². The molecule has 0 aliphatic heterocycles. The molecule has 0 radical (unpaired) electrons. The van der Waals surface area contributed by atoms with E-state index in [4.69, 9.17) is 9.47 Å². The molecule has 0 saturated carbocycles. The molecule has 2 aromatic carbocycles. The SMILES string of the molecule is COc1ccc(C)cc1NC(=O)C(C)Sc1nnc(Nc2ccccc2OC)s1. The van der Waals surface area contributed by atoms with Crippen LogP contribution < -0.4 is 20.1 Å². The van der Waals surface area contributed by atoms with E-state index in [0.29, 0.717) is 20.9 Å². The zero-order valence-electron chi connectivity index (χ0n) is 16.6. The molecule has 0 fully saturated rings. The standard InChI is InChI=1S/C20H22N4O3S2/c1-12-9-10-17(27-4)15(11-12)21-18(25)13(2)28-20-24-23-19(29-20)22-14-7-5-6-8-16(14)26-3/h5-11,13H,1-4H3,(H,21,25)(H,22,23). The van der Waals surface area contributed by atoms with E-state index in [1.807, 2.05) is 56.3 Å². The average molecular weight is 431 g/mol. The number of methoxy groups -OCH3 is 2. The van der Waals surface area contributed by atoms with Crippen LogP contribution in [0.4, 0.5) is 16.5 Å². The summed E-state index contributed by atoms with van der Waals surface area (Å²) in [5.41, 5.74) is 2.50. The second-order valence-electron chi connectivity index (χ2n) is 6.15. The van der Waals surface area contributed by atoms with Gasteiger partial charge in [0.1, 0.15) is 11.5 Å². The van der Waals surface area contributed by atoms with Crippen molar-refractivity contribution < 1.29 is 14.3 Å². The lowest BCUT2D eigenvalue weighted by Crippen LogP contribution is -2.22. The Kier molecular flexibility index (Phi) is 6.95. The first-order valence-corrected chi connectivity index (χ1v) is 10.6. The lowest BCUT2D eigenvalue weighted by Gasteiger charge is -2.13. The number of hydrogen-bond donors (Lipinski definition) is 2. The van der Waals surface area contributed by atoms with Crippen LogP contribution in [-0.2, 0) is 4.79 Å². The number of anilines is 3. The van der Waals surface area contributed by atoms with Crippen LogP contribution in [0.25, 0.3) is 0 Å². The van der Waals surface area contributed by atoms with Crippen molar-refractivity contribution in [3.8, 4) is 11.5 Å². The number of nitrogens with one attached hydrogen (secondary N) is 2. The van der Waals surface area contributed by atoms with Gasteiger partial charge in [0.05, 0.1) is 30.8 Å². The zero-order chi connectivity index (χ0) is 20.8. The molecular formula is C20H22N4O3S2. The molecule has 1 unspecified atom stereocenters. The highest BCUT2D eigenvalue weighted by atomic mass is 32.2. The number of ether oxygens (including phenoxy) is 2. The fraction of sp³-hybridized carbons (Fsp3) is 0.250. The summed E-state index contributed by atoms with van der Waals surface area (Å²) in [6.45, 7) is 3.79. The van der Waals surface area contributed by atoms with E-state index in [-0.39, 0.29) is 11.2 Å². The van der Waals surface area contributed by atoms with Crippen LogP contribution in [0.3, 0.4) is 0 Å². The monoisotopic (exact) mass is 430 g/mol. The highest BCUT2D eigenvalue weighted by Crippen LogP contribution is 2.33. The van der Waals surface area contributed by atoms with E-state index >= 15 is 0 Å². The largest absolute Gasteiger partial charge is 0.495 e. The van der Waals surface area contributed by atoms with Gasteiger partial charge in [0.2, 0.25) is 11.0 Å². The number of hydrogen-bond acceptors (Lipinski definition) is 8. The number of nitrogens with zero attached hydrogens (tertiary/aromatic N) is 2. The van der Waals surface area contributed by atoms with Crippen molar-refractivity contribution >= 4 is 45.5 Å². The van der Waals surface area contributed by atoms with Gasteiger partial charge < -0.3 is 20.1 Å². The Morgan fingerprint density at radius 1 is 1.07 bits per heavy atom. The molecule has 7 nitrogen and oxygen atoms in total. The summed E-state index contributed by atoms with van der Waals surface area (Å²) in [6, 6.07) is 13.2. The molecule has 152 valence electrons. The van der Waals surface area contributed by atoms with E-state index in [0.717, 1.165) is 17.0 Å². The number of carbonyl (C=O) groups is 1. The van der Waals surface area contributed by atoms with E-state index in [9.17, 15) is 4.79 Å². The van der Waals surface area contributed by atoms with Crippen molar-refractivity contribution in [2.24, 2.45) is 0 Å². The fourth-order valence-electron chi connectivity index (χ4n) is 2.53. The first-order valence-electron chi connectivity index (χ1n) is 8.86. The lowest BCUT2D eigenvalue weighted by atomic mass is 10.2. The van der Waals surface area contributed by atoms with E-state index < -0.39 is 0 Å². The Morgan fingerprint density at radius 2 is 1.79 bits per heavy atom. The first-order chi connectivity index (χ1) is 14.0. The van der Waals surface area contributed by atoms with Gasteiger partial charge in [-0.05, 0) is 43.7 Å². The number of aromatic nitrogens is 2. The van der Waals surface area contributed by atoms with Crippen molar-refractivity contribution in [1.82, 2.24) is 10.2 Å². The first kappa shape index (κ1) is 20.9. The molecule has 1 heterocycles. The maximum atomic E-state index is 12.6. The van der Waals surface area contributed by atoms with Crippen LogP contribution in [-0.4, -0.2) is 35.6 Å². The van der Waals surface area contributed by atoms with Gasteiger partial charge in [0.25, 0.3) is 0 Å². The van der Waals surface area contributed by atoms with E-state index in [2.05, 4.69) is 20.8 Å². The van der Waals surface area contributed by atoms with Crippen LogP contribution in [0.1, 0.15) is 12.5 Å². The highest BCUT2D eigenvalue weighted by Gasteiger charge is 2.19. The molecule has 1 amide bonds. The third kappa shape index (κ3) is 5.39. The van der Waals surface area contributed by atoms with Crippen molar-refractivity contribution in [2.45, 2.75) is 23.4 Å². The number of carbonyl (C=O) groups excluding carboxylic acids is 1. The Balaban J connectivity index is 1.63. The number of thioether (sulfide) groups is 1. The van der Waals surface area contributed by atoms with Gasteiger partial charge in [0.15, 0.2) is 4.34 Å². The van der Waals surface area contributed by atoms with Gasteiger partial charge in [-0.2, -0.15) is 0 Å². The normalized spacial score (nSPS) is 11.6. The molecule has 1 aromatic heterocycles. The lowest BCUT2D eigenvalue weighted by molar-refractivity contribution is -0.115. The van der Waals surface area contributed by atoms with Crippen molar-refractivity contribution in [3.05, 3.63) is 48.0 Å². The predicted molar refractivity (Wildman–Crippen MR) is 118 cm³/mol. The minimum absolute atomic E-state index is 0.131. The molecule has 0 spiro atoms.